The molecule has 1 aromatic carbocycles. The van der Waals surface area contributed by atoms with Gasteiger partial charge >= 0.3 is 0 Å². The normalized spacial score (nSPS) is 12.7. The van der Waals surface area contributed by atoms with Gasteiger partial charge in [0.15, 0.2) is 5.69 Å². The Kier molecular flexibility index (Phi) is 5.22. The van der Waals surface area contributed by atoms with E-state index in [1.54, 1.807) is 0 Å². The Morgan fingerprint density at radius 3 is 2.67 bits per heavy atom. The van der Waals surface area contributed by atoms with Crippen LogP contribution >= 0.6 is 0 Å². The lowest BCUT2D eigenvalue weighted by Gasteiger charge is -2.12. The van der Waals surface area contributed by atoms with Gasteiger partial charge in [-0.05, 0) is 12.5 Å². The number of aromatic hydroxyl groups is 1. The van der Waals surface area contributed by atoms with Gasteiger partial charge in [0.05, 0.1) is 16.7 Å². The quantitative estimate of drug-likeness (QED) is 0.379. The van der Waals surface area contributed by atoms with Gasteiger partial charge in [-0.3, -0.25) is 14.9 Å². The van der Waals surface area contributed by atoms with E-state index in [1.165, 1.54) is 12.1 Å². The average molecular weight is 317 g/mol. The van der Waals surface area contributed by atoms with E-state index in [2.05, 4.69) is 5.32 Å². The van der Waals surface area contributed by atoms with Crippen LogP contribution < -0.4 is 11.1 Å². The molecule has 1 atom stereocenters. The number of benzene rings is 1. The fourth-order valence-electron chi connectivity index (χ4n) is 1.50. The number of nitro groups is 1. The summed E-state index contributed by atoms with van der Waals surface area (Å²) in [5.41, 5.74) is 4.66. The van der Waals surface area contributed by atoms with Crippen LogP contribution in [0.4, 0.5) is 11.4 Å². The molecule has 21 heavy (non-hydrogen) atoms. The monoisotopic (exact) mass is 317 g/mol. The summed E-state index contributed by atoms with van der Waals surface area (Å²) >= 11 is 0. The molecule has 4 N–H and O–H groups in total. The van der Waals surface area contributed by atoms with E-state index in [9.17, 15) is 28.4 Å². The number of para-hydroxylation sites is 1. The number of carbonyl (C=O) groups excluding carboxylic acids is 1. The lowest BCUT2D eigenvalue weighted by Crippen LogP contribution is -2.37. The minimum absolute atomic E-state index is 0.133. The van der Waals surface area contributed by atoms with Crippen molar-refractivity contribution in [1.29, 1.82) is 0 Å². The molecule has 0 saturated heterocycles. The Morgan fingerprint density at radius 2 is 2.14 bits per heavy atom. The van der Waals surface area contributed by atoms with Crippen LogP contribution in [-0.2, 0) is 14.6 Å². The van der Waals surface area contributed by atoms with Crippen LogP contribution in [0.1, 0.15) is 6.42 Å². The summed E-state index contributed by atoms with van der Waals surface area (Å²) in [4.78, 5) is 21.8. The summed E-state index contributed by atoms with van der Waals surface area (Å²) in [7, 11) is -3.27. The number of carbonyl (C=O) groups is 1. The lowest BCUT2D eigenvalue weighted by atomic mass is 10.2. The first-order valence-corrected chi connectivity index (χ1v) is 7.88. The third kappa shape index (κ3) is 5.00. The van der Waals surface area contributed by atoms with Crippen molar-refractivity contribution in [2.45, 2.75) is 12.5 Å². The van der Waals surface area contributed by atoms with E-state index >= 15 is 0 Å². The van der Waals surface area contributed by atoms with Crippen LogP contribution in [0, 0.1) is 10.1 Å². The van der Waals surface area contributed by atoms with E-state index in [1.807, 2.05) is 0 Å². The van der Waals surface area contributed by atoms with Gasteiger partial charge in [-0.1, -0.05) is 6.07 Å². The molecule has 1 aromatic rings. The number of nitrogens with one attached hydrogen (secondary N) is 1. The first-order chi connectivity index (χ1) is 9.61. The van der Waals surface area contributed by atoms with Gasteiger partial charge < -0.3 is 16.2 Å². The summed E-state index contributed by atoms with van der Waals surface area (Å²) in [5.74, 6) is -1.58. The SMILES string of the molecule is CS(=O)(=O)CCC(N)C(=O)Nc1c(O)cccc1[N+](=O)[O-]. The zero-order valence-electron chi connectivity index (χ0n) is 11.1. The Bertz CT molecular complexity index is 658. The molecule has 0 bridgehead atoms. The average Bonchev–Trinajstić information content (AvgIpc) is 2.36. The number of phenols is 1. The fourth-order valence-corrected chi connectivity index (χ4v) is 2.18. The maximum Gasteiger partial charge on any atom is 0.296 e. The lowest BCUT2D eigenvalue weighted by molar-refractivity contribution is -0.384. The Morgan fingerprint density at radius 1 is 1.52 bits per heavy atom. The summed E-state index contributed by atoms with van der Waals surface area (Å²) < 4.78 is 22.0. The highest BCUT2D eigenvalue weighted by molar-refractivity contribution is 7.90. The number of hydrogen-bond donors (Lipinski definition) is 3. The second-order valence-electron chi connectivity index (χ2n) is 4.44. The second-order valence-corrected chi connectivity index (χ2v) is 6.70. The molecule has 1 rings (SSSR count). The van der Waals surface area contributed by atoms with Gasteiger partial charge in [-0.25, -0.2) is 8.42 Å². The number of nitro benzene ring substituents is 1. The van der Waals surface area contributed by atoms with Crippen LogP contribution in [0.3, 0.4) is 0 Å². The van der Waals surface area contributed by atoms with Crippen LogP contribution in [-0.4, -0.2) is 42.4 Å². The molecule has 9 nitrogen and oxygen atoms in total. The molecular weight excluding hydrogens is 302 g/mol. The van der Waals surface area contributed by atoms with Gasteiger partial charge in [0, 0.05) is 12.3 Å². The van der Waals surface area contributed by atoms with Gasteiger partial charge in [-0.2, -0.15) is 0 Å². The molecule has 0 aliphatic rings. The van der Waals surface area contributed by atoms with Crippen molar-refractivity contribution in [3.8, 4) is 5.75 Å². The first-order valence-electron chi connectivity index (χ1n) is 5.82. The zero-order chi connectivity index (χ0) is 16.2. The van der Waals surface area contributed by atoms with E-state index < -0.39 is 38.1 Å². The van der Waals surface area contributed by atoms with Crippen molar-refractivity contribution in [3.05, 3.63) is 28.3 Å². The summed E-state index contributed by atoms with van der Waals surface area (Å²) in [6, 6.07) is 2.37. The van der Waals surface area contributed by atoms with Gasteiger partial charge in [0.1, 0.15) is 15.6 Å². The van der Waals surface area contributed by atoms with Crippen LogP contribution in [0.2, 0.25) is 0 Å². The maximum absolute atomic E-state index is 11.8. The molecule has 10 heteroatoms. The minimum Gasteiger partial charge on any atom is -0.505 e. The smallest absolute Gasteiger partial charge is 0.296 e. The molecule has 1 unspecified atom stereocenters. The molecule has 0 saturated carbocycles. The number of phenolic OH excluding ortho intramolecular Hbond substituents is 1. The van der Waals surface area contributed by atoms with E-state index in [0.717, 1.165) is 12.3 Å². The van der Waals surface area contributed by atoms with Crippen LogP contribution in [0.25, 0.3) is 0 Å². The molecule has 0 heterocycles. The predicted molar refractivity (Wildman–Crippen MR) is 75.7 cm³/mol. The molecule has 0 spiro atoms. The topological polar surface area (TPSA) is 153 Å². The van der Waals surface area contributed by atoms with Crippen molar-refractivity contribution in [2.75, 3.05) is 17.3 Å². The van der Waals surface area contributed by atoms with Gasteiger partial charge in [0.2, 0.25) is 5.91 Å². The number of nitrogens with zero attached hydrogens (tertiary/aromatic N) is 1. The highest BCUT2D eigenvalue weighted by Gasteiger charge is 2.23. The van der Waals surface area contributed by atoms with E-state index in [-0.39, 0.29) is 17.9 Å². The second kappa shape index (κ2) is 6.50. The number of rotatable bonds is 6. The van der Waals surface area contributed by atoms with Crippen molar-refractivity contribution in [3.63, 3.8) is 0 Å². The van der Waals surface area contributed by atoms with E-state index in [0.29, 0.717) is 0 Å². The van der Waals surface area contributed by atoms with Gasteiger partial charge in [-0.15, -0.1) is 0 Å². The highest BCUT2D eigenvalue weighted by Crippen LogP contribution is 2.33. The van der Waals surface area contributed by atoms with Gasteiger partial charge in [0.25, 0.3) is 5.69 Å². The minimum atomic E-state index is -3.27. The number of nitrogens with two attached hydrogens (primary N) is 1. The van der Waals surface area contributed by atoms with Crippen molar-refractivity contribution < 1.29 is 23.2 Å². The largest absolute Gasteiger partial charge is 0.505 e. The maximum atomic E-state index is 11.8. The third-order valence-electron chi connectivity index (χ3n) is 2.60. The van der Waals surface area contributed by atoms with Crippen molar-refractivity contribution >= 4 is 27.1 Å². The Balaban J connectivity index is 2.86. The molecule has 0 radical (unpaired) electrons. The van der Waals surface area contributed by atoms with Crippen LogP contribution in [0.5, 0.6) is 5.75 Å². The van der Waals surface area contributed by atoms with E-state index in [4.69, 9.17) is 5.73 Å². The first kappa shape index (κ1) is 16.9. The molecule has 0 fully saturated rings. The molecule has 116 valence electrons. The zero-order valence-corrected chi connectivity index (χ0v) is 12.0. The number of anilines is 1. The molecule has 1 amide bonds. The summed E-state index contributed by atoms with van der Waals surface area (Å²) in [6.45, 7) is 0. The summed E-state index contributed by atoms with van der Waals surface area (Å²) in [5, 5.41) is 22.5. The standard InChI is InChI=1S/C11H15N3O6S/c1-21(19,20)6-5-7(12)11(16)13-10-8(14(17)18)3-2-4-9(10)15/h2-4,7,15H,5-6,12H2,1H3,(H,13,16). The molecule has 0 aliphatic heterocycles. The highest BCUT2D eigenvalue weighted by atomic mass is 32.2. The predicted octanol–water partition coefficient (Wildman–Crippen LogP) is 0.000900. The third-order valence-corrected chi connectivity index (χ3v) is 3.58. The van der Waals surface area contributed by atoms with Crippen molar-refractivity contribution in [1.82, 2.24) is 0 Å². The number of amides is 1. The number of hydrogen-bond acceptors (Lipinski definition) is 7. The van der Waals surface area contributed by atoms with Crippen LogP contribution in [0.15, 0.2) is 18.2 Å². The van der Waals surface area contributed by atoms with Crippen molar-refractivity contribution in [2.24, 2.45) is 5.73 Å². The molecule has 0 aromatic heterocycles. The summed E-state index contributed by atoms with van der Waals surface area (Å²) in [6.07, 6.45) is 0.873. The Labute approximate surface area is 120 Å². The Hall–Kier alpha value is -2.20. The molecular formula is C11H15N3O6S. The fraction of sp³-hybridized carbons (Fsp3) is 0.364. The molecule has 0 aliphatic carbocycles. The number of sulfone groups is 1.